The Morgan fingerprint density at radius 1 is 1.06 bits per heavy atom. The minimum Gasteiger partial charge on any atom is -0.359 e. The number of rotatable bonds is 5. The third kappa shape index (κ3) is 5.85. The first-order valence-electron chi connectivity index (χ1n) is 4.75. The van der Waals surface area contributed by atoms with Gasteiger partial charge < -0.3 is 16.0 Å². The van der Waals surface area contributed by atoms with Crippen LogP contribution in [0.1, 0.15) is 0 Å². The van der Waals surface area contributed by atoms with E-state index in [4.69, 9.17) is 12.8 Å². The predicted octanol–water partition coefficient (Wildman–Crippen LogP) is -2.15. The maximum Gasteiger partial charge on any atom is 0.295 e. The van der Waals surface area contributed by atoms with Crippen LogP contribution < -0.4 is 16.0 Å². The van der Waals surface area contributed by atoms with Crippen molar-refractivity contribution >= 4 is 17.7 Å². The van der Waals surface area contributed by atoms with E-state index in [9.17, 15) is 14.4 Å². The maximum absolute atomic E-state index is 11.4. The highest BCUT2D eigenvalue weighted by Gasteiger charge is 2.18. The van der Waals surface area contributed by atoms with Gasteiger partial charge in [-0.3, -0.25) is 14.4 Å². The molecule has 6 nitrogen and oxygen atoms in total. The molecule has 0 aromatic carbocycles. The third-order valence-electron chi connectivity index (χ3n) is 1.90. The minimum absolute atomic E-state index is 0.0214. The Kier molecular flexibility index (Phi) is 6.64. The van der Waals surface area contributed by atoms with Gasteiger partial charge in [-0.1, -0.05) is 0 Å². The SMILES string of the molecule is C#CC(=O)NCC(CNC(=O)C#C)C(=O)NC. The van der Waals surface area contributed by atoms with E-state index < -0.39 is 17.7 Å². The fraction of sp³-hybridized carbons (Fsp3) is 0.364. The summed E-state index contributed by atoms with van der Waals surface area (Å²) >= 11 is 0. The zero-order valence-corrected chi connectivity index (χ0v) is 9.37. The molecule has 0 rings (SSSR count). The summed E-state index contributed by atoms with van der Waals surface area (Å²) in [5, 5.41) is 7.10. The average Bonchev–Trinajstić information content (AvgIpc) is 2.36. The van der Waals surface area contributed by atoms with E-state index in [1.165, 1.54) is 7.05 Å². The first-order chi connectivity index (χ1) is 8.04. The molecule has 0 bridgehead atoms. The van der Waals surface area contributed by atoms with Crippen molar-refractivity contribution in [3.63, 3.8) is 0 Å². The Hall–Kier alpha value is -2.47. The standard InChI is InChI=1S/C11H13N3O3/c1-4-9(15)13-6-8(11(17)12-3)7-14-10(16)5-2/h1-2,8H,6-7H2,3H3,(H,12,17)(H,13,15)(H,14,16). The molecule has 0 fully saturated rings. The molecule has 0 aliphatic carbocycles. The summed E-state index contributed by atoms with van der Waals surface area (Å²) in [5.74, 6) is 1.49. The number of carbonyl (C=O) groups excluding carboxylic acids is 3. The van der Waals surface area contributed by atoms with Gasteiger partial charge >= 0.3 is 0 Å². The molecule has 0 aliphatic rings. The molecular formula is C11H13N3O3. The number of nitrogens with one attached hydrogen (secondary N) is 3. The Labute approximate surface area is 99.5 Å². The van der Waals surface area contributed by atoms with Crippen molar-refractivity contribution in [2.45, 2.75) is 0 Å². The topological polar surface area (TPSA) is 87.3 Å². The van der Waals surface area contributed by atoms with Crippen molar-refractivity contribution in [1.82, 2.24) is 16.0 Å². The number of amides is 3. The van der Waals surface area contributed by atoms with Crippen LogP contribution in [0.25, 0.3) is 0 Å². The van der Waals surface area contributed by atoms with Gasteiger partial charge in [0.2, 0.25) is 5.91 Å². The van der Waals surface area contributed by atoms with Gasteiger partial charge in [-0.2, -0.15) is 0 Å². The molecule has 0 atom stereocenters. The highest BCUT2D eigenvalue weighted by Crippen LogP contribution is 1.93. The fourth-order valence-electron chi connectivity index (χ4n) is 0.996. The zero-order valence-electron chi connectivity index (χ0n) is 9.37. The molecule has 0 aromatic heterocycles. The highest BCUT2D eigenvalue weighted by molar-refractivity contribution is 5.94. The van der Waals surface area contributed by atoms with Crippen LogP contribution in [0.3, 0.4) is 0 Å². The lowest BCUT2D eigenvalue weighted by Crippen LogP contribution is -2.43. The Balaban J connectivity index is 4.31. The quantitative estimate of drug-likeness (QED) is 0.475. The van der Waals surface area contributed by atoms with Gasteiger partial charge in [0.1, 0.15) is 0 Å². The first kappa shape index (κ1) is 14.5. The Bertz CT molecular complexity index is 360. The van der Waals surface area contributed by atoms with E-state index in [0.29, 0.717) is 0 Å². The number of carbonyl (C=O) groups is 3. The lowest BCUT2D eigenvalue weighted by atomic mass is 10.1. The normalized spacial score (nSPS) is 8.71. The Morgan fingerprint density at radius 2 is 1.47 bits per heavy atom. The predicted molar refractivity (Wildman–Crippen MR) is 61.2 cm³/mol. The van der Waals surface area contributed by atoms with Gasteiger partial charge in [0.05, 0.1) is 5.92 Å². The van der Waals surface area contributed by atoms with Crippen LogP contribution in [-0.2, 0) is 14.4 Å². The van der Waals surface area contributed by atoms with E-state index in [0.717, 1.165) is 0 Å². The van der Waals surface area contributed by atoms with Gasteiger partial charge in [-0.25, -0.2) is 0 Å². The molecule has 3 amide bonds. The van der Waals surface area contributed by atoms with Gasteiger partial charge in [-0.15, -0.1) is 12.8 Å². The molecule has 0 aromatic rings. The Morgan fingerprint density at radius 3 is 1.76 bits per heavy atom. The van der Waals surface area contributed by atoms with Crippen molar-refractivity contribution in [2.24, 2.45) is 5.92 Å². The van der Waals surface area contributed by atoms with Crippen molar-refractivity contribution in [1.29, 1.82) is 0 Å². The highest BCUT2D eigenvalue weighted by atomic mass is 16.2. The summed E-state index contributed by atoms with van der Waals surface area (Å²) in [6.45, 7) is 0.0428. The number of hydrogen-bond donors (Lipinski definition) is 3. The van der Waals surface area contributed by atoms with Gasteiger partial charge in [-0.05, 0) is 11.8 Å². The maximum atomic E-state index is 11.4. The van der Waals surface area contributed by atoms with E-state index in [1.807, 2.05) is 11.8 Å². The molecule has 0 heterocycles. The van der Waals surface area contributed by atoms with E-state index in [-0.39, 0.29) is 19.0 Å². The summed E-state index contributed by atoms with van der Waals surface area (Å²) in [4.78, 5) is 33.0. The van der Waals surface area contributed by atoms with Gasteiger partial charge in [0, 0.05) is 20.1 Å². The molecule has 0 saturated heterocycles. The monoisotopic (exact) mass is 235 g/mol. The second kappa shape index (κ2) is 7.77. The van der Waals surface area contributed by atoms with Crippen molar-refractivity contribution < 1.29 is 14.4 Å². The van der Waals surface area contributed by atoms with E-state index >= 15 is 0 Å². The van der Waals surface area contributed by atoms with Crippen molar-refractivity contribution in [3.05, 3.63) is 0 Å². The molecule has 0 radical (unpaired) electrons. The van der Waals surface area contributed by atoms with Gasteiger partial charge in [0.15, 0.2) is 0 Å². The third-order valence-corrected chi connectivity index (χ3v) is 1.90. The molecule has 0 unspecified atom stereocenters. The molecular weight excluding hydrogens is 222 g/mol. The van der Waals surface area contributed by atoms with Crippen LogP contribution in [0.4, 0.5) is 0 Å². The molecule has 0 spiro atoms. The molecule has 0 aliphatic heterocycles. The average molecular weight is 235 g/mol. The van der Waals surface area contributed by atoms with E-state index in [2.05, 4.69) is 16.0 Å². The van der Waals surface area contributed by atoms with Crippen LogP contribution in [0, 0.1) is 30.6 Å². The lowest BCUT2D eigenvalue weighted by Gasteiger charge is -2.15. The van der Waals surface area contributed by atoms with Crippen LogP contribution >= 0.6 is 0 Å². The summed E-state index contributed by atoms with van der Waals surface area (Å²) in [6.07, 6.45) is 9.70. The van der Waals surface area contributed by atoms with Gasteiger partial charge in [0.25, 0.3) is 11.8 Å². The van der Waals surface area contributed by atoms with Crippen molar-refractivity contribution in [2.75, 3.05) is 20.1 Å². The van der Waals surface area contributed by atoms with Crippen LogP contribution in [-0.4, -0.2) is 37.9 Å². The smallest absolute Gasteiger partial charge is 0.295 e. The van der Waals surface area contributed by atoms with Crippen molar-refractivity contribution in [3.8, 4) is 24.7 Å². The van der Waals surface area contributed by atoms with E-state index in [1.54, 1.807) is 0 Å². The number of hydrogen-bond acceptors (Lipinski definition) is 3. The molecule has 17 heavy (non-hydrogen) atoms. The first-order valence-corrected chi connectivity index (χ1v) is 4.75. The summed E-state index contributed by atoms with van der Waals surface area (Å²) in [5.41, 5.74) is 0. The summed E-state index contributed by atoms with van der Waals surface area (Å²) in [7, 11) is 1.45. The van der Waals surface area contributed by atoms with Crippen LogP contribution in [0.15, 0.2) is 0 Å². The molecule has 3 N–H and O–H groups in total. The lowest BCUT2D eigenvalue weighted by molar-refractivity contribution is -0.124. The molecule has 90 valence electrons. The largest absolute Gasteiger partial charge is 0.359 e. The fourth-order valence-corrected chi connectivity index (χ4v) is 0.996. The summed E-state index contributed by atoms with van der Waals surface area (Å²) in [6, 6.07) is 0. The summed E-state index contributed by atoms with van der Waals surface area (Å²) < 4.78 is 0. The van der Waals surface area contributed by atoms with Crippen LogP contribution in [0.5, 0.6) is 0 Å². The molecule has 6 heteroatoms. The van der Waals surface area contributed by atoms with Crippen LogP contribution in [0.2, 0.25) is 0 Å². The second-order valence-corrected chi connectivity index (χ2v) is 3.02. The minimum atomic E-state index is -0.630. The zero-order chi connectivity index (χ0) is 13.3. The molecule has 0 saturated carbocycles. The second-order valence-electron chi connectivity index (χ2n) is 3.02. The number of terminal acetylenes is 2.